The number of rotatable bonds is 2. The van der Waals surface area contributed by atoms with Crippen LogP contribution in [-0.2, 0) is 13.5 Å². The molecule has 3 nitrogen and oxygen atoms in total. The molecule has 0 saturated carbocycles. The molecule has 0 spiro atoms. The minimum atomic E-state index is 0.678. The molecule has 66 valence electrons. The number of nitrogens with one attached hydrogen (secondary N) is 1. The van der Waals surface area contributed by atoms with Crippen LogP contribution in [0.5, 0.6) is 0 Å². The predicted molar refractivity (Wildman–Crippen MR) is 48.2 cm³/mol. The molecule has 0 fully saturated rings. The molecule has 0 saturated heterocycles. The van der Waals surface area contributed by atoms with Gasteiger partial charge >= 0.3 is 0 Å². The van der Waals surface area contributed by atoms with Gasteiger partial charge in [0.05, 0.1) is 12.0 Å². The maximum atomic E-state index is 4.36. The Hall–Kier alpha value is -0.830. The van der Waals surface area contributed by atoms with Crippen LogP contribution in [0.15, 0.2) is 6.33 Å². The zero-order valence-corrected chi connectivity index (χ0v) is 7.67. The highest BCUT2D eigenvalue weighted by molar-refractivity contribution is 5.24. The van der Waals surface area contributed by atoms with Crippen LogP contribution in [0.4, 0.5) is 0 Å². The summed E-state index contributed by atoms with van der Waals surface area (Å²) in [6.07, 6.45) is 4.34. The second kappa shape index (κ2) is 2.90. The van der Waals surface area contributed by atoms with Crippen molar-refractivity contribution in [3.05, 3.63) is 17.7 Å². The van der Waals surface area contributed by atoms with Gasteiger partial charge in [0.25, 0.3) is 0 Å². The van der Waals surface area contributed by atoms with E-state index >= 15 is 0 Å². The molecule has 1 aromatic heterocycles. The van der Waals surface area contributed by atoms with Crippen LogP contribution in [0.1, 0.15) is 23.7 Å². The lowest BCUT2D eigenvalue weighted by Crippen LogP contribution is -2.17. The Kier molecular flexibility index (Phi) is 1.89. The summed E-state index contributed by atoms with van der Waals surface area (Å²) in [5.74, 6) is 0.678. The summed E-state index contributed by atoms with van der Waals surface area (Å²) < 4.78 is 2.16. The summed E-state index contributed by atoms with van der Waals surface area (Å²) >= 11 is 0. The Morgan fingerprint density at radius 3 is 3.33 bits per heavy atom. The molecule has 0 radical (unpaired) electrons. The molecule has 1 atom stereocenters. The van der Waals surface area contributed by atoms with E-state index < -0.39 is 0 Å². The minimum Gasteiger partial charge on any atom is -0.337 e. The fourth-order valence-electron chi connectivity index (χ4n) is 2.10. The molecule has 0 aliphatic heterocycles. The molecule has 1 heterocycles. The van der Waals surface area contributed by atoms with Gasteiger partial charge in [0.2, 0.25) is 0 Å². The van der Waals surface area contributed by atoms with Gasteiger partial charge in [0.1, 0.15) is 0 Å². The molecule has 0 bridgehead atoms. The summed E-state index contributed by atoms with van der Waals surface area (Å²) in [6.45, 7) is 1.08. The van der Waals surface area contributed by atoms with Gasteiger partial charge in [-0.3, -0.25) is 0 Å². The smallest absolute Gasteiger partial charge is 0.0949 e. The standard InChI is InChI=1S/C9H15N3/c1-10-5-7-3-4-8-9(7)12(2)6-11-8/h6-7,10H,3-5H2,1-2H3. The summed E-state index contributed by atoms with van der Waals surface area (Å²) in [6, 6.07) is 0. The van der Waals surface area contributed by atoms with E-state index in [-0.39, 0.29) is 0 Å². The van der Waals surface area contributed by atoms with Crippen molar-refractivity contribution in [3.8, 4) is 0 Å². The highest BCUT2D eigenvalue weighted by Crippen LogP contribution is 2.30. The van der Waals surface area contributed by atoms with Gasteiger partial charge < -0.3 is 9.88 Å². The van der Waals surface area contributed by atoms with Crippen LogP contribution >= 0.6 is 0 Å². The molecule has 12 heavy (non-hydrogen) atoms. The second-order valence-electron chi connectivity index (χ2n) is 3.48. The van der Waals surface area contributed by atoms with Crippen molar-refractivity contribution in [3.63, 3.8) is 0 Å². The van der Waals surface area contributed by atoms with Crippen molar-refractivity contribution < 1.29 is 0 Å². The average molecular weight is 165 g/mol. The summed E-state index contributed by atoms with van der Waals surface area (Å²) in [5, 5.41) is 3.23. The molecule has 1 aromatic rings. The van der Waals surface area contributed by atoms with Crippen LogP contribution in [0, 0.1) is 0 Å². The molecule has 2 rings (SSSR count). The third-order valence-corrected chi connectivity index (χ3v) is 2.63. The van der Waals surface area contributed by atoms with Crippen LogP contribution in [0.2, 0.25) is 0 Å². The number of fused-ring (bicyclic) bond motifs is 1. The molecule has 1 N–H and O–H groups in total. The van der Waals surface area contributed by atoms with E-state index in [0.29, 0.717) is 5.92 Å². The molecule has 0 aromatic carbocycles. The number of likely N-dealkylation sites (N-methyl/N-ethyl adjacent to an activating group) is 1. The van der Waals surface area contributed by atoms with Crippen molar-refractivity contribution >= 4 is 0 Å². The molecular formula is C9H15N3. The zero-order valence-electron chi connectivity index (χ0n) is 7.67. The maximum Gasteiger partial charge on any atom is 0.0949 e. The van der Waals surface area contributed by atoms with Gasteiger partial charge in [0.15, 0.2) is 0 Å². The first-order valence-corrected chi connectivity index (χ1v) is 4.47. The van der Waals surface area contributed by atoms with Gasteiger partial charge in [-0.15, -0.1) is 0 Å². The lowest BCUT2D eigenvalue weighted by Gasteiger charge is -2.10. The van der Waals surface area contributed by atoms with E-state index in [1.54, 1.807) is 0 Å². The van der Waals surface area contributed by atoms with Crippen LogP contribution < -0.4 is 5.32 Å². The number of nitrogens with zero attached hydrogens (tertiary/aromatic N) is 2. The minimum absolute atomic E-state index is 0.678. The summed E-state index contributed by atoms with van der Waals surface area (Å²) in [7, 11) is 4.09. The quantitative estimate of drug-likeness (QED) is 0.698. The largest absolute Gasteiger partial charge is 0.337 e. The molecule has 1 aliphatic rings. The summed E-state index contributed by atoms with van der Waals surface area (Å²) in [4.78, 5) is 4.36. The molecule has 1 aliphatic carbocycles. The SMILES string of the molecule is CNCC1CCc2ncn(C)c21. The summed E-state index contributed by atoms with van der Waals surface area (Å²) in [5.41, 5.74) is 2.74. The lowest BCUT2D eigenvalue weighted by atomic mass is 10.1. The third-order valence-electron chi connectivity index (χ3n) is 2.63. The van der Waals surface area contributed by atoms with Crippen molar-refractivity contribution in [2.75, 3.05) is 13.6 Å². The van der Waals surface area contributed by atoms with Crippen molar-refractivity contribution in [1.29, 1.82) is 0 Å². The fourth-order valence-corrected chi connectivity index (χ4v) is 2.10. The van der Waals surface area contributed by atoms with E-state index in [1.165, 1.54) is 17.8 Å². The van der Waals surface area contributed by atoms with E-state index in [2.05, 4.69) is 21.9 Å². The fraction of sp³-hybridized carbons (Fsp3) is 0.667. The van der Waals surface area contributed by atoms with Crippen molar-refractivity contribution in [1.82, 2.24) is 14.9 Å². The van der Waals surface area contributed by atoms with Crippen LogP contribution in [0.25, 0.3) is 0 Å². The van der Waals surface area contributed by atoms with Crippen molar-refractivity contribution in [2.45, 2.75) is 18.8 Å². The molecule has 1 unspecified atom stereocenters. The number of hydrogen-bond donors (Lipinski definition) is 1. The topological polar surface area (TPSA) is 29.9 Å². The number of aryl methyl sites for hydroxylation is 2. The zero-order chi connectivity index (χ0) is 8.55. The first-order chi connectivity index (χ1) is 5.83. The second-order valence-corrected chi connectivity index (χ2v) is 3.48. The van der Waals surface area contributed by atoms with Gasteiger partial charge in [0, 0.05) is 25.2 Å². The monoisotopic (exact) mass is 165 g/mol. The van der Waals surface area contributed by atoms with Gasteiger partial charge in [-0.2, -0.15) is 0 Å². The molecule has 0 amide bonds. The third kappa shape index (κ3) is 1.05. The Morgan fingerprint density at radius 2 is 2.58 bits per heavy atom. The van der Waals surface area contributed by atoms with E-state index in [9.17, 15) is 0 Å². The Bertz CT molecular complexity index is 277. The highest BCUT2D eigenvalue weighted by atomic mass is 15.0. The molecule has 3 heteroatoms. The molecular weight excluding hydrogens is 150 g/mol. The Morgan fingerprint density at radius 1 is 1.75 bits per heavy atom. The maximum absolute atomic E-state index is 4.36. The number of imidazole rings is 1. The van der Waals surface area contributed by atoms with Crippen LogP contribution in [-0.4, -0.2) is 23.1 Å². The van der Waals surface area contributed by atoms with Gasteiger partial charge in [-0.1, -0.05) is 0 Å². The van der Waals surface area contributed by atoms with E-state index in [1.807, 2.05) is 13.4 Å². The van der Waals surface area contributed by atoms with Gasteiger partial charge in [-0.25, -0.2) is 4.98 Å². The normalized spacial score (nSPS) is 21.3. The van der Waals surface area contributed by atoms with E-state index in [4.69, 9.17) is 0 Å². The van der Waals surface area contributed by atoms with E-state index in [0.717, 1.165) is 13.0 Å². The van der Waals surface area contributed by atoms with Crippen molar-refractivity contribution in [2.24, 2.45) is 7.05 Å². The highest BCUT2D eigenvalue weighted by Gasteiger charge is 2.25. The first kappa shape index (κ1) is 7.80. The van der Waals surface area contributed by atoms with Crippen LogP contribution in [0.3, 0.4) is 0 Å². The van der Waals surface area contributed by atoms with Gasteiger partial charge in [-0.05, 0) is 19.9 Å². The number of hydrogen-bond acceptors (Lipinski definition) is 2. The number of aromatic nitrogens is 2. The lowest BCUT2D eigenvalue weighted by molar-refractivity contribution is 0.590. The Labute approximate surface area is 72.8 Å². The average Bonchev–Trinajstić information content (AvgIpc) is 2.58. The first-order valence-electron chi connectivity index (χ1n) is 4.47. The Balaban J connectivity index is 2.27. The predicted octanol–water partition coefficient (Wildman–Crippen LogP) is 0.669.